The van der Waals surface area contributed by atoms with Crippen molar-refractivity contribution in [2.45, 2.75) is 32.9 Å². The van der Waals surface area contributed by atoms with E-state index in [1.54, 1.807) is 6.07 Å². The van der Waals surface area contributed by atoms with E-state index in [9.17, 15) is 0 Å². The van der Waals surface area contributed by atoms with Crippen molar-refractivity contribution in [1.82, 2.24) is 5.32 Å². The summed E-state index contributed by atoms with van der Waals surface area (Å²) in [7, 11) is 0. The molecular weight excluding hydrogens is 273 g/mol. The van der Waals surface area contributed by atoms with E-state index in [-0.39, 0.29) is 6.61 Å². The van der Waals surface area contributed by atoms with Gasteiger partial charge in [-0.2, -0.15) is 0 Å². The third kappa shape index (κ3) is 5.02. The first-order chi connectivity index (χ1) is 8.54. The maximum atomic E-state index is 8.76. The molecule has 0 aromatic heterocycles. The van der Waals surface area contributed by atoms with Crippen LogP contribution in [0.25, 0.3) is 0 Å². The fourth-order valence-corrected chi connectivity index (χ4v) is 2.05. The molecule has 1 aromatic carbocycles. The quantitative estimate of drug-likeness (QED) is 0.758. The lowest BCUT2D eigenvalue weighted by Crippen LogP contribution is -2.22. The summed E-state index contributed by atoms with van der Waals surface area (Å²) in [6.07, 6.45) is 0.579. The van der Waals surface area contributed by atoms with E-state index < -0.39 is 0 Å². The van der Waals surface area contributed by atoms with Gasteiger partial charge in [0.25, 0.3) is 0 Å². The topological polar surface area (TPSA) is 41.5 Å². The largest absolute Gasteiger partial charge is 0.492 e. The summed E-state index contributed by atoms with van der Waals surface area (Å²) in [6, 6.07) is 3.88. The predicted octanol–water partition coefficient (Wildman–Crippen LogP) is 3.25. The van der Waals surface area contributed by atoms with Gasteiger partial charge in [0.05, 0.1) is 11.6 Å². The van der Waals surface area contributed by atoms with Gasteiger partial charge >= 0.3 is 0 Å². The molecule has 0 radical (unpaired) electrons. The Kier molecular flexibility index (Phi) is 6.79. The number of halogens is 2. The first-order valence-electron chi connectivity index (χ1n) is 5.99. The van der Waals surface area contributed by atoms with E-state index in [2.05, 4.69) is 19.2 Å². The Labute approximate surface area is 118 Å². The summed E-state index contributed by atoms with van der Waals surface area (Å²) in [6.45, 7) is 5.32. The van der Waals surface area contributed by atoms with Gasteiger partial charge in [-0.05, 0) is 12.1 Å². The fourth-order valence-electron chi connectivity index (χ4n) is 1.46. The maximum Gasteiger partial charge on any atom is 0.142 e. The molecule has 0 aliphatic carbocycles. The summed E-state index contributed by atoms with van der Waals surface area (Å²) in [5, 5.41) is 13.2. The van der Waals surface area contributed by atoms with Crippen molar-refractivity contribution in [1.29, 1.82) is 0 Å². The zero-order valence-electron chi connectivity index (χ0n) is 10.7. The molecular formula is C13H19Cl2NO2. The van der Waals surface area contributed by atoms with Crippen LogP contribution in [-0.2, 0) is 6.54 Å². The molecule has 0 amide bonds. The number of aliphatic hydroxyl groups excluding tert-OH is 1. The van der Waals surface area contributed by atoms with E-state index in [4.69, 9.17) is 33.0 Å². The lowest BCUT2D eigenvalue weighted by molar-refractivity contribution is 0.232. The Morgan fingerprint density at radius 1 is 1.33 bits per heavy atom. The second kappa shape index (κ2) is 7.85. The van der Waals surface area contributed by atoms with Crippen molar-refractivity contribution in [3.05, 3.63) is 27.7 Å². The second-order valence-corrected chi connectivity index (χ2v) is 5.18. The molecule has 0 aliphatic heterocycles. The van der Waals surface area contributed by atoms with Crippen LogP contribution in [0.4, 0.5) is 0 Å². The van der Waals surface area contributed by atoms with Crippen molar-refractivity contribution in [2.24, 2.45) is 0 Å². The number of ether oxygens (including phenoxy) is 1. The molecule has 102 valence electrons. The fraction of sp³-hybridized carbons (Fsp3) is 0.538. The van der Waals surface area contributed by atoms with Crippen molar-refractivity contribution in [2.75, 3.05) is 13.2 Å². The minimum atomic E-state index is 0.102. The summed E-state index contributed by atoms with van der Waals surface area (Å²) in [5.41, 5.74) is 0.930. The van der Waals surface area contributed by atoms with Gasteiger partial charge in [-0.15, -0.1) is 0 Å². The van der Waals surface area contributed by atoms with Crippen LogP contribution in [0.2, 0.25) is 10.0 Å². The Morgan fingerprint density at radius 2 is 2.06 bits per heavy atom. The molecule has 0 heterocycles. The molecule has 18 heavy (non-hydrogen) atoms. The van der Waals surface area contributed by atoms with Gasteiger partial charge in [0.2, 0.25) is 0 Å². The highest BCUT2D eigenvalue weighted by molar-refractivity contribution is 6.35. The number of hydrogen-bond acceptors (Lipinski definition) is 3. The van der Waals surface area contributed by atoms with Gasteiger partial charge in [-0.1, -0.05) is 37.0 Å². The minimum Gasteiger partial charge on any atom is -0.492 e. The lowest BCUT2D eigenvalue weighted by atomic mass is 10.2. The minimum absolute atomic E-state index is 0.102. The summed E-state index contributed by atoms with van der Waals surface area (Å²) < 4.78 is 5.61. The lowest BCUT2D eigenvalue weighted by Gasteiger charge is -2.15. The van der Waals surface area contributed by atoms with E-state index in [0.29, 0.717) is 41.4 Å². The van der Waals surface area contributed by atoms with Crippen LogP contribution in [0.1, 0.15) is 25.8 Å². The molecule has 0 aliphatic rings. The molecule has 0 atom stereocenters. The molecule has 5 heteroatoms. The summed E-state index contributed by atoms with van der Waals surface area (Å²) in [4.78, 5) is 0. The Bertz CT molecular complexity index is 383. The van der Waals surface area contributed by atoms with Gasteiger partial charge in [-0.25, -0.2) is 0 Å². The average molecular weight is 292 g/mol. The smallest absolute Gasteiger partial charge is 0.142 e. The third-order valence-electron chi connectivity index (χ3n) is 2.33. The number of benzene rings is 1. The van der Waals surface area contributed by atoms with Gasteiger partial charge in [0, 0.05) is 36.2 Å². The summed E-state index contributed by atoms with van der Waals surface area (Å²) >= 11 is 12.1. The van der Waals surface area contributed by atoms with Crippen molar-refractivity contribution >= 4 is 23.2 Å². The van der Waals surface area contributed by atoms with Crippen LogP contribution < -0.4 is 10.1 Å². The molecule has 1 rings (SSSR count). The van der Waals surface area contributed by atoms with E-state index in [0.717, 1.165) is 5.56 Å². The highest BCUT2D eigenvalue weighted by atomic mass is 35.5. The van der Waals surface area contributed by atoms with Crippen LogP contribution in [0, 0.1) is 0 Å². The Hall–Kier alpha value is -0.480. The number of aliphatic hydroxyl groups is 1. The molecule has 0 bridgehead atoms. The van der Waals surface area contributed by atoms with Crippen molar-refractivity contribution in [3.63, 3.8) is 0 Å². The van der Waals surface area contributed by atoms with Crippen LogP contribution in [0.15, 0.2) is 12.1 Å². The van der Waals surface area contributed by atoms with Gasteiger partial charge in [0.1, 0.15) is 5.75 Å². The second-order valence-electron chi connectivity index (χ2n) is 4.34. The van der Waals surface area contributed by atoms with Crippen LogP contribution in [-0.4, -0.2) is 24.4 Å². The monoisotopic (exact) mass is 291 g/mol. The molecule has 2 N–H and O–H groups in total. The molecule has 0 saturated heterocycles. The number of hydrogen-bond donors (Lipinski definition) is 2. The first kappa shape index (κ1) is 15.6. The highest BCUT2D eigenvalue weighted by Crippen LogP contribution is 2.32. The molecule has 3 nitrogen and oxygen atoms in total. The van der Waals surface area contributed by atoms with Gasteiger partial charge in [0.15, 0.2) is 0 Å². The zero-order valence-corrected chi connectivity index (χ0v) is 12.2. The SMILES string of the molecule is CC(C)NCc1cc(Cl)cc(Cl)c1OCCCO. The van der Waals surface area contributed by atoms with Crippen molar-refractivity contribution in [3.8, 4) is 5.75 Å². The third-order valence-corrected chi connectivity index (χ3v) is 2.83. The molecule has 0 saturated carbocycles. The van der Waals surface area contributed by atoms with E-state index in [1.165, 1.54) is 0 Å². The molecule has 0 unspecified atom stereocenters. The van der Waals surface area contributed by atoms with E-state index >= 15 is 0 Å². The van der Waals surface area contributed by atoms with Crippen LogP contribution in [0.5, 0.6) is 5.75 Å². The predicted molar refractivity (Wildman–Crippen MR) is 75.6 cm³/mol. The molecule has 1 aromatic rings. The normalized spacial score (nSPS) is 11.0. The highest BCUT2D eigenvalue weighted by Gasteiger charge is 2.11. The van der Waals surface area contributed by atoms with Gasteiger partial charge in [-0.3, -0.25) is 0 Å². The van der Waals surface area contributed by atoms with E-state index in [1.807, 2.05) is 6.07 Å². The van der Waals surface area contributed by atoms with Gasteiger partial charge < -0.3 is 15.2 Å². The number of rotatable bonds is 7. The maximum absolute atomic E-state index is 8.76. The standard InChI is InChI=1S/C13H19Cl2NO2/c1-9(2)16-8-10-6-11(14)7-12(15)13(10)18-5-3-4-17/h6-7,9,16-17H,3-5,8H2,1-2H3. The molecule has 0 spiro atoms. The van der Waals surface area contributed by atoms with Crippen molar-refractivity contribution < 1.29 is 9.84 Å². The van der Waals surface area contributed by atoms with Crippen LogP contribution in [0.3, 0.4) is 0 Å². The first-order valence-corrected chi connectivity index (χ1v) is 6.75. The Morgan fingerprint density at radius 3 is 2.67 bits per heavy atom. The Balaban J connectivity index is 2.83. The summed E-state index contributed by atoms with van der Waals surface area (Å²) in [5.74, 6) is 0.641. The average Bonchev–Trinajstić information content (AvgIpc) is 2.29. The molecule has 0 fully saturated rings. The van der Waals surface area contributed by atoms with Crippen LogP contribution >= 0.6 is 23.2 Å². The number of nitrogens with one attached hydrogen (secondary N) is 1. The zero-order chi connectivity index (χ0) is 13.5.